The molecule has 0 aliphatic carbocycles. The first kappa shape index (κ1) is 14.4. The molecule has 0 saturated carbocycles. The number of amides is 1. The fourth-order valence-electron chi connectivity index (χ4n) is 1.84. The van der Waals surface area contributed by atoms with E-state index >= 15 is 0 Å². The van der Waals surface area contributed by atoms with Crippen molar-refractivity contribution in [1.29, 1.82) is 0 Å². The zero-order valence-corrected chi connectivity index (χ0v) is 13.6. The number of benzene rings is 1. The Kier molecular flexibility index (Phi) is 4.23. The summed E-state index contributed by atoms with van der Waals surface area (Å²) in [7, 11) is 0. The minimum atomic E-state index is -0.426. The number of likely N-dealkylation sites (tertiary alicyclic amines) is 1. The molecule has 1 aliphatic heterocycles. The van der Waals surface area contributed by atoms with Crippen LogP contribution >= 0.6 is 22.6 Å². The van der Waals surface area contributed by atoms with Crippen LogP contribution in [0.2, 0.25) is 0 Å². The lowest BCUT2D eigenvalue weighted by Crippen LogP contribution is -2.58. The maximum absolute atomic E-state index is 11.8. The number of para-hydroxylation sites is 1. The van der Waals surface area contributed by atoms with Gasteiger partial charge in [0.2, 0.25) is 0 Å². The zero-order chi connectivity index (χ0) is 14.0. The maximum Gasteiger partial charge on any atom is 0.410 e. The van der Waals surface area contributed by atoms with Crippen molar-refractivity contribution in [2.75, 3.05) is 18.4 Å². The van der Waals surface area contributed by atoms with Crippen molar-refractivity contribution in [1.82, 2.24) is 4.90 Å². The highest BCUT2D eigenvalue weighted by atomic mass is 127. The number of carbonyl (C=O) groups is 1. The van der Waals surface area contributed by atoms with Gasteiger partial charge in [-0.1, -0.05) is 12.1 Å². The minimum absolute atomic E-state index is 0.228. The molecule has 104 valence electrons. The van der Waals surface area contributed by atoms with Crippen molar-refractivity contribution in [3.05, 3.63) is 27.8 Å². The van der Waals surface area contributed by atoms with Crippen LogP contribution in [0.25, 0.3) is 0 Å². The van der Waals surface area contributed by atoms with E-state index in [9.17, 15) is 4.79 Å². The van der Waals surface area contributed by atoms with Crippen LogP contribution in [0.5, 0.6) is 0 Å². The normalized spacial score (nSPS) is 15.9. The van der Waals surface area contributed by atoms with Crippen LogP contribution in [0, 0.1) is 3.57 Å². The highest BCUT2D eigenvalue weighted by molar-refractivity contribution is 14.1. The predicted octanol–water partition coefficient (Wildman–Crippen LogP) is 3.32. The molecule has 1 heterocycles. The Labute approximate surface area is 127 Å². The molecular weight excluding hydrogens is 355 g/mol. The third kappa shape index (κ3) is 3.99. The van der Waals surface area contributed by atoms with Gasteiger partial charge in [-0.3, -0.25) is 0 Å². The van der Waals surface area contributed by atoms with Crippen LogP contribution in [0.3, 0.4) is 0 Å². The predicted molar refractivity (Wildman–Crippen MR) is 84.4 cm³/mol. The Balaban J connectivity index is 1.81. The van der Waals surface area contributed by atoms with Crippen LogP contribution in [0.4, 0.5) is 10.5 Å². The summed E-state index contributed by atoms with van der Waals surface area (Å²) < 4.78 is 6.51. The van der Waals surface area contributed by atoms with Gasteiger partial charge in [-0.05, 0) is 55.5 Å². The summed E-state index contributed by atoms with van der Waals surface area (Å²) in [6.07, 6.45) is -0.228. The van der Waals surface area contributed by atoms with Gasteiger partial charge in [-0.25, -0.2) is 4.79 Å². The number of rotatable bonds is 2. The highest BCUT2D eigenvalue weighted by Crippen LogP contribution is 2.22. The van der Waals surface area contributed by atoms with Gasteiger partial charge in [-0.15, -0.1) is 0 Å². The molecule has 0 unspecified atom stereocenters. The molecule has 0 radical (unpaired) electrons. The van der Waals surface area contributed by atoms with Crippen LogP contribution in [0.15, 0.2) is 24.3 Å². The fraction of sp³-hybridized carbons (Fsp3) is 0.500. The number of nitrogens with zero attached hydrogens (tertiary/aromatic N) is 1. The molecule has 5 heteroatoms. The largest absolute Gasteiger partial charge is 0.444 e. The van der Waals surface area contributed by atoms with E-state index in [4.69, 9.17) is 4.74 Å². The van der Waals surface area contributed by atoms with Gasteiger partial charge in [0, 0.05) is 22.3 Å². The lowest BCUT2D eigenvalue weighted by Gasteiger charge is -2.40. The van der Waals surface area contributed by atoms with E-state index in [1.165, 1.54) is 3.57 Å². The monoisotopic (exact) mass is 374 g/mol. The first-order valence-electron chi connectivity index (χ1n) is 6.34. The van der Waals surface area contributed by atoms with Gasteiger partial charge < -0.3 is 15.0 Å². The van der Waals surface area contributed by atoms with Gasteiger partial charge in [-0.2, -0.15) is 0 Å². The van der Waals surface area contributed by atoms with E-state index in [-0.39, 0.29) is 6.09 Å². The van der Waals surface area contributed by atoms with Crippen molar-refractivity contribution >= 4 is 34.4 Å². The summed E-state index contributed by atoms with van der Waals surface area (Å²) >= 11 is 2.30. The summed E-state index contributed by atoms with van der Waals surface area (Å²) in [5.74, 6) is 0. The van der Waals surface area contributed by atoms with Gasteiger partial charge >= 0.3 is 6.09 Å². The Morgan fingerprint density at radius 2 is 2.00 bits per heavy atom. The van der Waals surface area contributed by atoms with E-state index in [1.807, 2.05) is 32.9 Å². The fourth-order valence-corrected chi connectivity index (χ4v) is 2.39. The second-order valence-corrected chi connectivity index (χ2v) is 6.87. The second-order valence-electron chi connectivity index (χ2n) is 5.71. The molecule has 2 rings (SSSR count). The summed E-state index contributed by atoms with van der Waals surface area (Å²) in [5.41, 5.74) is 0.696. The smallest absolute Gasteiger partial charge is 0.410 e. The molecule has 0 bridgehead atoms. The van der Waals surface area contributed by atoms with Gasteiger partial charge in [0.1, 0.15) is 5.60 Å². The Morgan fingerprint density at radius 3 is 2.58 bits per heavy atom. The van der Waals surface area contributed by atoms with E-state index in [0.717, 1.165) is 5.69 Å². The van der Waals surface area contributed by atoms with Crippen LogP contribution in [0.1, 0.15) is 20.8 Å². The molecule has 1 aromatic rings. The SMILES string of the molecule is CC(C)(C)OC(=O)N1CC(Nc2ccccc2I)C1. The summed E-state index contributed by atoms with van der Waals surface area (Å²) in [4.78, 5) is 13.5. The molecule has 1 N–H and O–H groups in total. The van der Waals surface area contributed by atoms with E-state index < -0.39 is 5.60 Å². The maximum atomic E-state index is 11.8. The number of anilines is 1. The Morgan fingerprint density at radius 1 is 1.37 bits per heavy atom. The molecule has 0 spiro atoms. The molecule has 1 fully saturated rings. The molecule has 0 atom stereocenters. The molecule has 1 aliphatic rings. The van der Waals surface area contributed by atoms with Gasteiger partial charge in [0.05, 0.1) is 6.04 Å². The van der Waals surface area contributed by atoms with Gasteiger partial charge in [0.15, 0.2) is 0 Å². The summed E-state index contributed by atoms with van der Waals surface area (Å²) in [6.45, 7) is 7.03. The number of hydrogen-bond donors (Lipinski definition) is 1. The molecule has 1 aromatic carbocycles. The third-order valence-electron chi connectivity index (χ3n) is 2.77. The first-order valence-corrected chi connectivity index (χ1v) is 7.42. The third-order valence-corrected chi connectivity index (χ3v) is 3.71. The number of hydrogen-bond acceptors (Lipinski definition) is 3. The second kappa shape index (κ2) is 5.56. The zero-order valence-electron chi connectivity index (χ0n) is 11.4. The van der Waals surface area contributed by atoms with Crippen molar-refractivity contribution < 1.29 is 9.53 Å². The molecule has 1 amide bonds. The van der Waals surface area contributed by atoms with Crippen molar-refractivity contribution in [3.63, 3.8) is 0 Å². The lowest BCUT2D eigenvalue weighted by molar-refractivity contribution is 0.0105. The van der Waals surface area contributed by atoms with E-state index in [1.54, 1.807) is 4.90 Å². The minimum Gasteiger partial charge on any atom is -0.444 e. The van der Waals surface area contributed by atoms with Crippen LogP contribution in [-0.4, -0.2) is 35.7 Å². The standard InChI is InChI=1S/C14H19IN2O2/c1-14(2,3)19-13(18)17-8-10(9-17)16-12-7-5-4-6-11(12)15/h4-7,10,16H,8-9H2,1-3H3. The quantitative estimate of drug-likeness (QED) is 0.808. The summed E-state index contributed by atoms with van der Waals surface area (Å²) in [6, 6.07) is 8.45. The topological polar surface area (TPSA) is 41.6 Å². The lowest BCUT2D eigenvalue weighted by atomic mass is 10.1. The summed E-state index contributed by atoms with van der Waals surface area (Å²) in [5, 5.41) is 3.44. The molecule has 1 saturated heterocycles. The molecule has 4 nitrogen and oxygen atoms in total. The first-order chi connectivity index (χ1) is 8.85. The van der Waals surface area contributed by atoms with E-state index in [0.29, 0.717) is 19.1 Å². The van der Waals surface area contributed by atoms with Crippen molar-refractivity contribution in [2.45, 2.75) is 32.4 Å². The Bertz CT molecular complexity index is 465. The Hall–Kier alpha value is -0.980. The van der Waals surface area contributed by atoms with Crippen molar-refractivity contribution in [3.8, 4) is 0 Å². The van der Waals surface area contributed by atoms with E-state index in [2.05, 4.69) is 40.0 Å². The number of ether oxygens (including phenoxy) is 1. The van der Waals surface area contributed by atoms with Crippen LogP contribution < -0.4 is 5.32 Å². The molecule has 19 heavy (non-hydrogen) atoms. The highest BCUT2D eigenvalue weighted by Gasteiger charge is 2.33. The number of carbonyl (C=O) groups excluding carboxylic acids is 1. The molecule has 0 aromatic heterocycles. The number of halogens is 1. The van der Waals surface area contributed by atoms with Crippen LogP contribution in [-0.2, 0) is 4.74 Å². The van der Waals surface area contributed by atoms with Gasteiger partial charge in [0.25, 0.3) is 0 Å². The number of nitrogens with one attached hydrogen (secondary N) is 1. The molecular formula is C14H19IN2O2. The van der Waals surface area contributed by atoms with Crippen molar-refractivity contribution in [2.24, 2.45) is 0 Å². The average molecular weight is 374 g/mol. The average Bonchev–Trinajstić information content (AvgIpc) is 2.22.